The molecule has 2 fully saturated rings. The lowest BCUT2D eigenvalue weighted by Gasteiger charge is -2.33. The third-order valence-electron chi connectivity index (χ3n) is 5.44. The van der Waals surface area contributed by atoms with Crippen molar-refractivity contribution in [2.75, 3.05) is 39.8 Å². The highest BCUT2D eigenvalue weighted by atomic mass is 35.5. The van der Waals surface area contributed by atoms with E-state index < -0.39 is 0 Å². The van der Waals surface area contributed by atoms with Gasteiger partial charge in [0.15, 0.2) is 0 Å². The van der Waals surface area contributed by atoms with Gasteiger partial charge in [-0.3, -0.25) is 9.69 Å². The summed E-state index contributed by atoms with van der Waals surface area (Å²) >= 11 is 5.86. The van der Waals surface area contributed by atoms with Gasteiger partial charge in [0.05, 0.1) is 19.3 Å². The van der Waals surface area contributed by atoms with Crippen molar-refractivity contribution < 1.29 is 9.53 Å². The summed E-state index contributed by atoms with van der Waals surface area (Å²) < 4.78 is 5.63. The van der Waals surface area contributed by atoms with Crippen molar-refractivity contribution in [3.05, 3.63) is 34.9 Å². The summed E-state index contributed by atoms with van der Waals surface area (Å²) in [4.78, 5) is 14.7. The van der Waals surface area contributed by atoms with Crippen molar-refractivity contribution in [1.29, 1.82) is 0 Å². The second-order valence-corrected chi connectivity index (χ2v) is 7.79. The molecule has 2 aliphatic heterocycles. The average Bonchev–Trinajstić information content (AvgIpc) is 2.92. The number of carbonyl (C=O) groups excluding carboxylic acids is 1. The van der Waals surface area contributed by atoms with Crippen LogP contribution in [0.25, 0.3) is 0 Å². The summed E-state index contributed by atoms with van der Waals surface area (Å²) in [5.41, 5.74) is 1.41. The topological polar surface area (TPSA) is 53.6 Å². The molecule has 0 saturated carbocycles. The molecule has 8 heteroatoms. The molecule has 2 N–H and O–H groups in total. The molecule has 2 heterocycles. The number of likely N-dealkylation sites (tertiary alicyclic amines) is 1. The Labute approximate surface area is 179 Å². The van der Waals surface area contributed by atoms with E-state index in [1.54, 1.807) is 0 Å². The molecule has 0 aliphatic carbocycles. The quantitative estimate of drug-likeness (QED) is 0.671. The SMILES string of the molecule is CN1CC2(CCNCC2)CC1C(=O)NCCOCc1ccc(Cl)cc1.Cl.Cl. The number of nitrogens with zero attached hydrogens (tertiary/aromatic N) is 1. The van der Waals surface area contributed by atoms with Crippen LogP contribution in [0.3, 0.4) is 0 Å². The number of hydrogen-bond acceptors (Lipinski definition) is 4. The first-order chi connectivity index (χ1) is 12.1. The number of benzene rings is 1. The third kappa shape index (κ3) is 6.77. The van der Waals surface area contributed by atoms with E-state index in [-0.39, 0.29) is 36.8 Å². The third-order valence-corrected chi connectivity index (χ3v) is 5.69. The zero-order valence-electron chi connectivity index (χ0n) is 15.7. The zero-order chi connectivity index (χ0) is 17.7. The Kier molecular flexibility index (Phi) is 10.4. The van der Waals surface area contributed by atoms with Crippen LogP contribution < -0.4 is 10.6 Å². The predicted octanol–water partition coefficient (Wildman–Crippen LogP) is 2.89. The van der Waals surface area contributed by atoms with Crippen LogP contribution in [0.1, 0.15) is 24.8 Å². The van der Waals surface area contributed by atoms with Gasteiger partial charge in [-0.15, -0.1) is 24.8 Å². The van der Waals surface area contributed by atoms with Crippen LogP contribution in [0.15, 0.2) is 24.3 Å². The lowest BCUT2D eigenvalue weighted by Crippen LogP contribution is -2.42. The van der Waals surface area contributed by atoms with Gasteiger partial charge < -0.3 is 15.4 Å². The maximum absolute atomic E-state index is 12.5. The molecule has 5 nitrogen and oxygen atoms in total. The van der Waals surface area contributed by atoms with E-state index >= 15 is 0 Å². The van der Waals surface area contributed by atoms with E-state index in [0.717, 1.165) is 36.6 Å². The van der Waals surface area contributed by atoms with Crippen molar-refractivity contribution in [2.45, 2.75) is 31.9 Å². The molecule has 0 radical (unpaired) electrons. The van der Waals surface area contributed by atoms with Crippen LogP contribution in [0.5, 0.6) is 0 Å². The smallest absolute Gasteiger partial charge is 0.237 e. The van der Waals surface area contributed by atoms with Gasteiger partial charge in [-0.25, -0.2) is 0 Å². The minimum atomic E-state index is -0.00522. The number of nitrogens with one attached hydrogen (secondary N) is 2. The molecular weight excluding hydrogens is 409 g/mol. The van der Waals surface area contributed by atoms with Crippen LogP contribution >= 0.6 is 36.4 Å². The van der Waals surface area contributed by atoms with Gasteiger partial charge in [-0.05, 0) is 62.5 Å². The van der Waals surface area contributed by atoms with Crippen molar-refractivity contribution >= 4 is 42.3 Å². The predicted molar refractivity (Wildman–Crippen MR) is 114 cm³/mol. The Morgan fingerprint density at radius 3 is 2.63 bits per heavy atom. The molecule has 0 aromatic heterocycles. The molecule has 1 unspecified atom stereocenters. The molecular formula is C19H30Cl3N3O2. The maximum Gasteiger partial charge on any atom is 0.237 e. The summed E-state index contributed by atoms with van der Waals surface area (Å²) in [7, 11) is 2.07. The van der Waals surface area contributed by atoms with Gasteiger partial charge >= 0.3 is 0 Å². The summed E-state index contributed by atoms with van der Waals surface area (Å²) in [6.45, 7) is 4.76. The van der Waals surface area contributed by atoms with E-state index in [1.165, 1.54) is 12.8 Å². The molecule has 0 bridgehead atoms. The zero-order valence-corrected chi connectivity index (χ0v) is 18.1. The van der Waals surface area contributed by atoms with Crippen LogP contribution in [-0.2, 0) is 16.1 Å². The second kappa shape index (κ2) is 11.4. The van der Waals surface area contributed by atoms with Crippen molar-refractivity contribution in [3.8, 4) is 0 Å². The number of amides is 1. The Bertz CT molecular complexity index is 580. The Morgan fingerprint density at radius 2 is 1.96 bits per heavy atom. The number of ether oxygens (including phenoxy) is 1. The maximum atomic E-state index is 12.5. The molecule has 27 heavy (non-hydrogen) atoms. The van der Waals surface area contributed by atoms with E-state index in [4.69, 9.17) is 16.3 Å². The van der Waals surface area contributed by atoms with E-state index in [1.807, 2.05) is 24.3 Å². The molecule has 1 aromatic carbocycles. The number of halogens is 3. The van der Waals surface area contributed by atoms with Crippen LogP contribution in [0.2, 0.25) is 5.02 Å². The van der Waals surface area contributed by atoms with Gasteiger partial charge in [0.1, 0.15) is 0 Å². The Morgan fingerprint density at radius 1 is 1.30 bits per heavy atom. The molecule has 1 spiro atoms. The average molecular weight is 439 g/mol. The summed E-state index contributed by atoms with van der Waals surface area (Å²) in [6.07, 6.45) is 3.32. The van der Waals surface area contributed by atoms with E-state index in [2.05, 4.69) is 22.6 Å². The lowest BCUT2D eigenvalue weighted by molar-refractivity contribution is -0.125. The van der Waals surface area contributed by atoms with E-state index in [9.17, 15) is 4.79 Å². The normalized spacial score (nSPS) is 21.3. The van der Waals surface area contributed by atoms with Gasteiger partial charge in [-0.2, -0.15) is 0 Å². The van der Waals surface area contributed by atoms with Crippen molar-refractivity contribution in [1.82, 2.24) is 15.5 Å². The summed E-state index contributed by atoms with van der Waals surface area (Å²) in [5, 5.41) is 7.17. The summed E-state index contributed by atoms with van der Waals surface area (Å²) in [6, 6.07) is 7.61. The molecule has 2 saturated heterocycles. The van der Waals surface area contributed by atoms with Crippen LogP contribution in [0, 0.1) is 5.41 Å². The molecule has 1 amide bonds. The minimum absolute atomic E-state index is 0. The lowest BCUT2D eigenvalue weighted by atomic mass is 9.77. The number of piperidine rings is 1. The van der Waals surface area contributed by atoms with Crippen molar-refractivity contribution in [3.63, 3.8) is 0 Å². The number of hydrogen-bond donors (Lipinski definition) is 2. The largest absolute Gasteiger partial charge is 0.375 e. The fourth-order valence-corrected chi connectivity index (χ4v) is 4.14. The number of carbonyl (C=O) groups is 1. The molecule has 1 atom stereocenters. The first kappa shape index (κ1) is 24.5. The first-order valence-electron chi connectivity index (χ1n) is 9.09. The Hall–Kier alpha value is -0.560. The van der Waals surface area contributed by atoms with Crippen LogP contribution in [-0.4, -0.2) is 56.7 Å². The number of likely N-dealkylation sites (N-methyl/N-ethyl adjacent to an activating group) is 1. The highest BCUT2D eigenvalue weighted by Crippen LogP contribution is 2.41. The minimum Gasteiger partial charge on any atom is -0.375 e. The molecule has 3 rings (SSSR count). The van der Waals surface area contributed by atoms with Crippen molar-refractivity contribution in [2.24, 2.45) is 5.41 Å². The summed E-state index contributed by atoms with van der Waals surface area (Å²) in [5.74, 6) is 0.132. The standard InChI is InChI=1S/C19H28ClN3O2.2ClH/c1-23-14-19(6-8-21-9-7-19)12-17(23)18(24)22-10-11-25-13-15-2-4-16(20)5-3-15;;/h2-5,17,21H,6-14H2,1H3,(H,22,24);2*1H. The first-order valence-corrected chi connectivity index (χ1v) is 9.47. The fourth-order valence-electron chi connectivity index (χ4n) is 4.02. The fraction of sp³-hybridized carbons (Fsp3) is 0.632. The van der Waals surface area contributed by atoms with E-state index in [0.29, 0.717) is 25.2 Å². The van der Waals surface area contributed by atoms with Crippen LogP contribution in [0.4, 0.5) is 0 Å². The monoisotopic (exact) mass is 437 g/mol. The molecule has 2 aliphatic rings. The van der Waals surface area contributed by atoms with Gasteiger partial charge in [0.2, 0.25) is 5.91 Å². The molecule has 154 valence electrons. The Balaban J connectivity index is 0.00000182. The number of rotatable bonds is 6. The van der Waals surface area contributed by atoms with Gasteiger partial charge in [0, 0.05) is 18.1 Å². The molecule has 1 aromatic rings. The second-order valence-electron chi connectivity index (χ2n) is 7.36. The van der Waals surface area contributed by atoms with Gasteiger partial charge in [-0.1, -0.05) is 23.7 Å². The highest BCUT2D eigenvalue weighted by molar-refractivity contribution is 6.30. The highest BCUT2D eigenvalue weighted by Gasteiger charge is 2.45. The van der Waals surface area contributed by atoms with Gasteiger partial charge in [0.25, 0.3) is 0 Å².